The summed E-state index contributed by atoms with van der Waals surface area (Å²) in [5.74, 6) is 1.77. The van der Waals surface area contributed by atoms with E-state index in [4.69, 9.17) is 4.52 Å². The highest BCUT2D eigenvalue weighted by Gasteiger charge is 2.18. The second-order valence-electron chi connectivity index (χ2n) is 8.13. The fourth-order valence-corrected chi connectivity index (χ4v) is 3.60. The van der Waals surface area contributed by atoms with Crippen molar-refractivity contribution in [3.63, 3.8) is 0 Å². The Morgan fingerprint density at radius 2 is 1.97 bits per heavy atom. The number of rotatable bonds is 9. The molecule has 8 heteroatoms. The predicted molar refractivity (Wildman–Crippen MR) is 123 cm³/mol. The van der Waals surface area contributed by atoms with Crippen molar-refractivity contribution >= 4 is 11.6 Å². The largest absolute Gasteiger partial charge is 0.367 e. The minimum atomic E-state index is -0.138. The number of benzene rings is 1. The molecule has 1 aromatic heterocycles. The average Bonchev–Trinajstić information content (AvgIpc) is 3.25. The number of nitrogens with one attached hydrogen (secondary N) is 2. The summed E-state index contributed by atoms with van der Waals surface area (Å²) in [6, 6.07) is 8.99. The highest BCUT2D eigenvalue weighted by Crippen LogP contribution is 2.20. The Balaban J connectivity index is 1.38. The van der Waals surface area contributed by atoms with Crippen LogP contribution in [-0.4, -0.2) is 61.8 Å². The number of anilines is 1. The summed E-state index contributed by atoms with van der Waals surface area (Å²) in [5, 5.41) is 10.7. The summed E-state index contributed by atoms with van der Waals surface area (Å²) >= 11 is 0. The topological polar surface area (TPSA) is 68.9 Å². The molecule has 7 nitrogen and oxygen atoms in total. The Bertz CT molecular complexity index is 829. The Labute approximate surface area is 184 Å². The molecule has 1 aromatic carbocycles. The van der Waals surface area contributed by atoms with E-state index in [0.717, 1.165) is 69.6 Å². The number of aromatic nitrogens is 1. The first kappa shape index (κ1) is 23.1. The van der Waals surface area contributed by atoms with Gasteiger partial charge in [0.25, 0.3) is 0 Å². The van der Waals surface area contributed by atoms with Gasteiger partial charge in [-0.2, -0.15) is 0 Å². The maximum atomic E-state index is 14.0. The summed E-state index contributed by atoms with van der Waals surface area (Å²) in [7, 11) is 0. The van der Waals surface area contributed by atoms with Crippen LogP contribution in [0.15, 0.2) is 39.8 Å². The highest BCUT2D eigenvalue weighted by molar-refractivity contribution is 5.79. The van der Waals surface area contributed by atoms with E-state index < -0.39 is 0 Å². The average molecular weight is 431 g/mol. The fraction of sp³-hybridized carbons (Fsp3) is 0.565. The zero-order chi connectivity index (χ0) is 22.1. The summed E-state index contributed by atoms with van der Waals surface area (Å²) in [6.45, 7) is 13.0. The van der Waals surface area contributed by atoms with E-state index in [-0.39, 0.29) is 5.82 Å². The summed E-state index contributed by atoms with van der Waals surface area (Å²) < 4.78 is 19.3. The van der Waals surface area contributed by atoms with Gasteiger partial charge in [-0.15, -0.1) is 0 Å². The van der Waals surface area contributed by atoms with E-state index in [2.05, 4.69) is 51.4 Å². The lowest BCUT2D eigenvalue weighted by molar-refractivity contribution is 0.254. The number of guanidine groups is 1. The van der Waals surface area contributed by atoms with Crippen LogP contribution in [0.3, 0.4) is 0 Å². The standard InChI is InChI=1S/C23H35FN6O/c1-4-25-23(27-17-19-16-21(18(2)3)28-31-19)26-10-7-11-29-12-14-30(15-13-29)22-9-6-5-8-20(22)24/h5-6,8-9,16,18H,4,7,10-15,17H2,1-3H3,(H2,25,26,27). The lowest BCUT2D eigenvalue weighted by atomic mass is 10.1. The maximum Gasteiger partial charge on any atom is 0.191 e. The molecule has 3 rings (SSSR count). The molecule has 2 heterocycles. The lowest BCUT2D eigenvalue weighted by Crippen LogP contribution is -2.47. The molecule has 2 N–H and O–H groups in total. The minimum absolute atomic E-state index is 0.138. The molecule has 0 amide bonds. The van der Waals surface area contributed by atoms with Gasteiger partial charge >= 0.3 is 0 Å². The Morgan fingerprint density at radius 1 is 1.19 bits per heavy atom. The van der Waals surface area contributed by atoms with Crippen molar-refractivity contribution in [2.75, 3.05) is 50.7 Å². The molecule has 0 atom stereocenters. The first-order chi connectivity index (χ1) is 15.1. The van der Waals surface area contributed by atoms with Gasteiger partial charge in [-0.25, -0.2) is 9.38 Å². The first-order valence-corrected chi connectivity index (χ1v) is 11.3. The van der Waals surface area contributed by atoms with Crippen LogP contribution < -0.4 is 15.5 Å². The van der Waals surface area contributed by atoms with Crippen molar-refractivity contribution in [3.05, 3.63) is 47.6 Å². The number of hydrogen-bond donors (Lipinski definition) is 2. The number of aliphatic imine (C=N–C) groups is 1. The van der Waals surface area contributed by atoms with Crippen molar-refractivity contribution in [2.45, 2.75) is 39.7 Å². The molecule has 2 aromatic rings. The van der Waals surface area contributed by atoms with Crippen molar-refractivity contribution in [2.24, 2.45) is 4.99 Å². The van der Waals surface area contributed by atoms with Crippen molar-refractivity contribution in [1.29, 1.82) is 0 Å². The van der Waals surface area contributed by atoms with Crippen LogP contribution in [0.2, 0.25) is 0 Å². The van der Waals surface area contributed by atoms with Gasteiger partial charge in [0.2, 0.25) is 0 Å². The van der Waals surface area contributed by atoms with Crippen LogP contribution >= 0.6 is 0 Å². The van der Waals surface area contributed by atoms with Crippen LogP contribution in [0.5, 0.6) is 0 Å². The van der Waals surface area contributed by atoms with E-state index in [1.807, 2.05) is 18.2 Å². The molecule has 1 saturated heterocycles. The van der Waals surface area contributed by atoms with E-state index >= 15 is 0 Å². The molecule has 1 aliphatic heterocycles. The lowest BCUT2D eigenvalue weighted by Gasteiger charge is -2.36. The first-order valence-electron chi connectivity index (χ1n) is 11.3. The molecule has 0 aliphatic carbocycles. The Morgan fingerprint density at radius 3 is 2.65 bits per heavy atom. The summed E-state index contributed by atoms with van der Waals surface area (Å²) in [6.07, 6.45) is 1.02. The summed E-state index contributed by atoms with van der Waals surface area (Å²) in [4.78, 5) is 9.17. The van der Waals surface area contributed by atoms with Gasteiger partial charge < -0.3 is 20.1 Å². The van der Waals surface area contributed by atoms with Crippen LogP contribution in [0.1, 0.15) is 44.6 Å². The number of para-hydroxylation sites is 1. The predicted octanol–water partition coefficient (Wildman–Crippen LogP) is 3.20. The van der Waals surface area contributed by atoms with Crippen LogP contribution in [0.25, 0.3) is 0 Å². The zero-order valence-electron chi connectivity index (χ0n) is 18.9. The fourth-order valence-electron chi connectivity index (χ4n) is 3.60. The van der Waals surface area contributed by atoms with Crippen molar-refractivity contribution < 1.29 is 8.91 Å². The van der Waals surface area contributed by atoms with Crippen LogP contribution in [0.4, 0.5) is 10.1 Å². The van der Waals surface area contributed by atoms with Gasteiger partial charge in [-0.3, -0.25) is 4.90 Å². The molecular formula is C23H35FN6O. The van der Waals surface area contributed by atoms with Gasteiger partial charge in [-0.05, 0) is 37.9 Å². The molecule has 31 heavy (non-hydrogen) atoms. The number of hydrogen-bond acceptors (Lipinski definition) is 5. The Kier molecular flexibility index (Phi) is 8.70. The third-order valence-electron chi connectivity index (χ3n) is 5.41. The smallest absolute Gasteiger partial charge is 0.191 e. The Hall–Kier alpha value is -2.61. The highest BCUT2D eigenvalue weighted by atomic mass is 19.1. The van der Waals surface area contributed by atoms with E-state index in [1.165, 1.54) is 6.07 Å². The molecule has 1 fully saturated rings. The maximum absolute atomic E-state index is 14.0. The third-order valence-corrected chi connectivity index (χ3v) is 5.41. The van der Waals surface area contributed by atoms with Crippen molar-refractivity contribution in [1.82, 2.24) is 20.7 Å². The van der Waals surface area contributed by atoms with E-state index in [9.17, 15) is 4.39 Å². The zero-order valence-corrected chi connectivity index (χ0v) is 18.9. The molecule has 0 bridgehead atoms. The van der Waals surface area contributed by atoms with Gasteiger partial charge in [0.05, 0.1) is 11.4 Å². The quantitative estimate of drug-likeness (QED) is 0.362. The number of halogens is 1. The second kappa shape index (κ2) is 11.7. The molecule has 0 unspecified atom stereocenters. The molecule has 1 aliphatic rings. The molecule has 0 spiro atoms. The number of nitrogens with zero attached hydrogens (tertiary/aromatic N) is 4. The molecule has 0 saturated carbocycles. The van der Waals surface area contributed by atoms with E-state index in [1.54, 1.807) is 6.07 Å². The van der Waals surface area contributed by atoms with Gasteiger partial charge in [0.1, 0.15) is 12.4 Å². The monoisotopic (exact) mass is 430 g/mol. The SMILES string of the molecule is CCNC(=NCc1cc(C(C)C)no1)NCCCN1CCN(c2ccccc2F)CC1. The second-order valence-corrected chi connectivity index (χ2v) is 8.13. The van der Waals surface area contributed by atoms with Gasteiger partial charge in [0, 0.05) is 45.3 Å². The molecule has 170 valence electrons. The van der Waals surface area contributed by atoms with Gasteiger partial charge in [-0.1, -0.05) is 31.1 Å². The molecule has 0 radical (unpaired) electrons. The normalized spacial score (nSPS) is 15.5. The van der Waals surface area contributed by atoms with Crippen LogP contribution in [0, 0.1) is 5.82 Å². The number of piperazine rings is 1. The van der Waals surface area contributed by atoms with Crippen LogP contribution in [-0.2, 0) is 6.54 Å². The van der Waals surface area contributed by atoms with E-state index in [0.29, 0.717) is 18.2 Å². The summed E-state index contributed by atoms with van der Waals surface area (Å²) in [5.41, 5.74) is 1.67. The minimum Gasteiger partial charge on any atom is -0.367 e. The van der Waals surface area contributed by atoms with Gasteiger partial charge in [0.15, 0.2) is 11.7 Å². The third kappa shape index (κ3) is 6.95. The van der Waals surface area contributed by atoms with Crippen molar-refractivity contribution in [3.8, 4) is 0 Å². The molecular weight excluding hydrogens is 395 g/mol.